The average molecular weight is 450 g/mol. The number of hydrogen-bond acceptors (Lipinski definition) is 3. The van der Waals surface area contributed by atoms with Crippen LogP contribution in [0.5, 0.6) is 0 Å². The van der Waals surface area contributed by atoms with Gasteiger partial charge in [-0.05, 0) is 86.2 Å². The van der Waals surface area contributed by atoms with Crippen molar-refractivity contribution in [2.75, 3.05) is 24.6 Å². The molecule has 1 aromatic carbocycles. The number of pyridine rings is 1. The summed E-state index contributed by atoms with van der Waals surface area (Å²) in [5, 5.41) is 1.34. The fourth-order valence-corrected chi connectivity index (χ4v) is 6.99. The molecular weight excluding hydrogens is 414 g/mol. The first-order valence-corrected chi connectivity index (χ1v) is 13.2. The van der Waals surface area contributed by atoms with E-state index in [-0.39, 0.29) is 5.56 Å². The van der Waals surface area contributed by atoms with Gasteiger partial charge in [0.15, 0.2) is 0 Å². The molecule has 5 rings (SSSR count). The second kappa shape index (κ2) is 8.75. The number of aromatic nitrogens is 2. The maximum Gasteiger partial charge on any atom is 0.253 e. The van der Waals surface area contributed by atoms with Crippen molar-refractivity contribution in [1.29, 1.82) is 0 Å². The van der Waals surface area contributed by atoms with Gasteiger partial charge in [0, 0.05) is 47.1 Å². The van der Waals surface area contributed by atoms with E-state index in [0.29, 0.717) is 11.8 Å². The van der Waals surface area contributed by atoms with E-state index in [2.05, 4.69) is 53.7 Å². The highest BCUT2D eigenvalue weighted by molar-refractivity contribution is 7.99. The van der Waals surface area contributed by atoms with Gasteiger partial charge >= 0.3 is 0 Å². The van der Waals surface area contributed by atoms with Gasteiger partial charge in [0.1, 0.15) is 0 Å². The summed E-state index contributed by atoms with van der Waals surface area (Å²) in [5.74, 6) is 3.71. The molecule has 5 heteroatoms. The molecule has 2 aliphatic rings. The third kappa shape index (κ3) is 3.94. The van der Waals surface area contributed by atoms with E-state index in [9.17, 15) is 4.79 Å². The minimum absolute atomic E-state index is 0.0702. The molecule has 0 aliphatic carbocycles. The van der Waals surface area contributed by atoms with Crippen LogP contribution < -0.4 is 5.56 Å². The number of aryl methyl sites for hydroxylation is 2. The topological polar surface area (TPSA) is 41.0 Å². The molecule has 0 amide bonds. The Kier molecular flexibility index (Phi) is 5.98. The number of benzene rings is 1. The fourth-order valence-electron chi connectivity index (χ4n) is 5.73. The minimum Gasteiger partial charge on any atom is -0.354 e. The highest BCUT2D eigenvalue weighted by Gasteiger charge is 2.28. The van der Waals surface area contributed by atoms with Crippen molar-refractivity contribution in [3.8, 4) is 11.3 Å². The lowest BCUT2D eigenvalue weighted by atomic mass is 9.87. The van der Waals surface area contributed by atoms with Crippen LogP contribution in [0.1, 0.15) is 61.6 Å². The number of piperidine rings is 1. The van der Waals surface area contributed by atoms with E-state index in [0.717, 1.165) is 22.9 Å². The van der Waals surface area contributed by atoms with E-state index in [1.165, 1.54) is 65.9 Å². The Bertz CT molecular complexity index is 1150. The summed E-state index contributed by atoms with van der Waals surface area (Å²) in [4.78, 5) is 18.6. The van der Waals surface area contributed by atoms with Crippen molar-refractivity contribution in [2.45, 2.75) is 57.9 Å². The SMILES string of the molecule is Cc1cc(-c2[nH]c3ccc(C4CCN(C5CCSC5)CC4)cc3c2C(C)C)cn(C)c1=O. The summed E-state index contributed by atoms with van der Waals surface area (Å²) in [6.07, 6.45) is 5.86. The lowest BCUT2D eigenvalue weighted by Crippen LogP contribution is -2.40. The highest BCUT2D eigenvalue weighted by Crippen LogP contribution is 2.38. The van der Waals surface area contributed by atoms with Crippen molar-refractivity contribution in [3.05, 3.63) is 57.5 Å². The average Bonchev–Trinajstić information content (AvgIpc) is 3.45. The minimum atomic E-state index is 0.0702. The zero-order valence-electron chi connectivity index (χ0n) is 19.8. The summed E-state index contributed by atoms with van der Waals surface area (Å²) in [5.41, 5.74) is 7.14. The van der Waals surface area contributed by atoms with Crippen LogP contribution in [0.4, 0.5) is 0 Å². The first kappa shape index (κ1) is 21.8. The third-order valence-corrected chi connectivity index (χ3v) is 8.66. The van der Waals surface area contributed by atoms with Gasteiger partial charge in [-0.3, -0.25) is 9.69 Å². The summed E-state index contributed by atoms with van der Waals surface area (Å²) < 4.78 is 1.70. The van der Waals surface area contributed by atoms with Crippen LogP contribution >= 0.6 is 11.8 Å². The molecule has 170 valence electrons. The standard InChI is InChI=1S/C27H35N3OS/c1-17(2)25-23-14-20(19-7-10-30(11-8-19)22-9-12-32-16-22)5-6-24(23)28-26(25)21-13-18(3)27(31)29(4)15-21/h5-6,13-15,17,19,22,28H,7-12,16H2,1-4H3. The second-order valence-electron chi connectivity index (χ2n) is 10.0. The molecule has 0 bridgehead atoms. The van der Waals surface area contributed by atoms with Crippen LogP contribution in [0, 0.1) is 6.92 Å². The molecule has 4 nitrogen and oxygen atoms in total. The molecule has 2 aliphatic heterocycles. The molecule has 3 aromatic rings. The predicted molar refractivity (Wildman–Crippen MR) is 137 cm³/mol. The highest BCUT2D eigenvalue weighted by atomic mass is 32.2. The fraction of sp³-hybridized carbons (Fsp3) is 0.519. The molecule has 2 fully saturated rings. The smallest absolute Gasteiger partial charge is 0.253 e. The van der Waals surface area contributed by atoms with Gasteiger partial charge in [-0.15, -0.1) is 0 Å². The van der Waals surface area contributed by atoms with Crippen LogP contribution in [-0.2, 0) is 7.05 Å². The second-order valence-corrected chi connectivity index (χ2v) is 11.2. The number of nitrogens with one attached hydrogen (secondary N) is 1. The van der Waals surface area contributed by atoms with Crippen LogP contribution in [-0.4, -0.2) is 45.1 Å². The lowest BCUT2D eigenvalue weighted by Gasteiger charge is -2.36. The van der Waals surface area contributed by atoms with E-state index >= 15 is 0 Å². The monoisotopic (exact) mass is 449 g/mol. The molecule has 1 unspecified atom stereocenters. The summed E-state index contributed by atoms with van der Waals surface area (Å²) in [7, 11) is 1.84. The van der Waals surface area contributed by atoms with Gasteiger partial charge < -0.3 is 9.55 Å². The zero-order valence-corrected chi connectivity index (χ0v) is 20.6. The van der Waals surface area contributed by atoms with Crippen molar-refractivity contribution in [3.63, 3.8) is 0 Å². The zero-order chi connectivity index (χ0) is 22.4. The molecule has 4 heterocycles. The number of likely N-dealkylation sites (tertiary alicyclic amines) is 1. The normalized spacial score (nSPS) is 20.6. The van der Waals surface area contributed by atoms with Gasteiger partial charge in [0.2, 0.25) is 0 Å². The van der Waals surface area contributed by atoms with Gasteiger partial charge in [-0.1, -0.05) is 19.9 Å². The first-order chi connectivity index (χ1) is 15.4. The Balaban J connectivity index is 1.48. The largest absolute Gasteiger partial charge is 0.354 e. The van der Waals surface area contributed by atoms with Crippen molar-refractivity contribution >= 4 is 22.7 Å². The van der Waals surface area contributed by atoms with E-state index in [1.54, 1.807) is 4.57 Å². The maximum atomic E-state index is 12.2. The van der Waals surface area contributed by atoms with E-state index < -0.39 is 0 Å². The predicted octanol–water partition coefficient (Wildman–Crippen LogP) is 5.65. The molecule has 1 N–H and O–H groups in total. The summed E-state index contributed by atoms with van der Waals surface area (Å²) >= 11 is 2.12. The molecule has 1 atom stereocenters. The molecular formula is C27H35N3OS. The third-order valence-electron chi connectivity index (χ3n) is 7.51. The Hall–Kier alpha value is -1.98. The molecule has 0 radical (unpaired) electrons. The van der Waals surface area contributed by atoms with Crippen LogP contribution in [0.2, 0.25) is 0 Å². The number of thioether (sulfide) groups is 1. The Morgan fingerprint density at radius 3 is 2.56 bits per heavy atom. The van der Waals surface area contributed by atoms with Crippen LogP contribution in [0.25, 0.3) is 22.2 Å². The molecule has 2 saturated heterocycles. The molecule has 0 spiro atoms. The Morgan fingerprint density at radius 2 is 1.91 bits per heavy atom. The van der Waals surface area contributed by atoms with E-state index in [4.69, 9.17) is 0 Å². The number of fused-ring (bicyclic) bond motifs is 1. The van der Waals surface area contributed by atoms with Gasteiger partial charge in [-0.2, -0.15) is 11.8 Å². The van der Waals surface area contributed by atoms with E-state index in [1.807, 2.05) is 26.2 Å². The van der Waals surface area contributed by atoms with Crippen LogP contribution in [0.3, 0.4) is 0 Å². The lowest BCUT2D eigenvalue weighted by molar-refractivity contribution is 0.165. The van der Waals surface area contributed by atoms with Crippen molar-refractivity contribution in [2.24, 2.45) is 7.05 Å². The van der Waals surface area contributed by atoms with Crippen molar-refractivity contribution in [1.82, 2.24) is 14.5 Å². The Labute approximate surface area is 195 Å². The summed E-state index contributed by atoms with van der Waals surface area (Å²) in [6.45, 7) is 8.91. The van der Waals surface area contributed by atoms with Crippen molar-refractivity contribution < 1.29 is 0 Å². The summed E-state index contributed by atoms with van der Waals surface area (Å²) in [6, 6.07) is 9.90. The number of nitrogens with zero attached hydrogens (tertiary/aromatic N) is 2. The Morgan fingerprint density at radius 1 is 1.12 bits per heavy atom. The molecule has 0 saturated carbocycles. The number of aromatic amines is 1. The quantitative estimate of drug-likeness (QED) is 0.559. The van der Waals surface area contributed by atoms with Gasteiger partial charge in [0.25, 0.3) is 5.56 Å². The maximum absolute atomic E-state index is 12.2. The van der Waals surface area contributed by atoms with Gasteiger partial charge in [-0.25, -0.2) is 0 Å². The number of hydrogen-bond donors (Lipinski definition) is 1. The molecule has 32 heavy (non-hydrogen) atoms. The number of rotatable bonds is 4. The molecule has 2 aromatic heterocycles. The van der Waals surface area contributed by atoms with Crippen LogP contribution in [0.15, 0.2) is 35.3 Å². The number of H-pyrrole nitrogens is 1. The van der Waals surface area contributed by atoms with Gasteiger partial charge in [0.05, 0.1) is 5.69 Å². The first-order valence-electron chi connectivity index (χ1n) is 12.1.